The summed E-state index contributed by atoms with van der Waals surface area (Å²) in [6.45, 7) is 5.02. The van der Waals surface area contributed by atoms with Crippen LogP contribution in [0.3, 0.4) is 0 Å². The number of ether oxygens (including phenoxy) is 3. The Bertz CT molecular complexity index is 1640. The highest BCUT2D eigenvalue weighted by molar-refractivity contribution is 6.00. The summed E-state index contributed by atoms with van der Waals surface area (Å²) in [5.74, 6) is -0.889. The van der Waals surface area contributed by atoms with Crippen molar-refractivity contribution >= 4 is 23.0 Å². The lowest BCUT2D eigenvalue weighted by molar-refractivity contribution is -0.123. The summed E-state index contributed by atoms with van der Waals surface area (Å²) in [5, 5.41) is 6.34. The second-order valence-electron chi connectivity index (χ2n) is 11.1. The van der Waals surface area contributed by atoms with E-state index < -0.39 is 24.2 Å². The third kappa shape index (κ3) is 6.37. The van der Waals surface area contributed by atoms with Gasteiger partial charge >= 0.3 is 12.3 Å². The van der Waals surface area contributed by atoms with Crippen LogP contribution >= 0.6 is 0 Å². The fourth-order valence-electron chi connectivity index (χ4n) is 4.71. The van der Waals surface area contributed by atoms with Gasteiger partial charge in [0, 0.05) is 37.0 Å². The van der Waals surface area contributed by atoms with E-state index in [1.807, 2.05) is 55.2 Å². The van der Waals surface area contributed by atoms with E-state index in [1.165, 1.54) is 26.4 Å². The molecular formula is C29H31F3N6O5. The standard InChI is InChI=1S/C29H31F3N6O5/c1-28(2,3)43-27(40)36-13-20(14-36)38-12-18(11-35-38)17-6-7-22-21(8-17)34-16-37(22)19-9-23(41-4)25(24(10-19)42-5)26(39)33-15-29(30,31)32/h6-12,16,20H,13-15H2,1-5H3,(H,33,39). The number of rotatable bonds is 7. The van der Waals surface area contributed by atoms with Crippen molar-refractivity contribution < 1.29 is 37.0 Å². The molecule has 1 aliphatic heterocycles. The lowest BCUT2D eigenvalue weighted by Crippen LogP contribution is -2.52. The van der Waals surface area contributed by atoms with E-state index in [9.17, 15) is 22.8 Å². The molecule has 0 atom stereocenters. The molecule has 3 heterocycles. The number of carbonyl (C=O) groups is 2. The minimum atomic E-state index is -4.57. The third-order valence-electron chi connectivity index (χ3n) is 6.82. The van der Waals surface area contributed by atoms with Crippen LogP contribution in [0.25, 0.3) is 27.8 Å². The van der Waals surface area contributed by atoms with E-state index >= 15 is 0 Å². The zero-order valence-electron chi connectivity index (χ0n) is 24.2. The Morgan fingerprint density at radius 3 is 2.30 bits per heavy atom. The molecule has 43 heavy (non-hydrogen) atoms. The molecule has 2 aromatic carbocycles. The summed E-state index contributed by atoms with van der Waals surface area (Å²) < 4.78 is 57.7. The van der Waals surface area contributed by atoms with Crippen molar-refractivity contribution in [3.8, 4) is 28.3 Å². The number of nitrogens with one attached hydrogen (secondary N) is 1. The third-order valence-corrected chi connectivity index (χ3v) is 6.82. The van der Waals surface area contributed by atoms with E-state index in [0.29, 0.717) is 24.3 Å². The van der Waals surface area contributed by atoms with Crippen LogP contribution < -0.4 is 14.8 Å². The smallest absolute Gasteiger partial charge is 0.410 e. The molecule has 1 aliphatic rings. The van der Waals surface area contributed by atoms with Crippen LogP contribution in [0.15, 0.2) is 49.1 Å². The minimum Gasteiger partial charge on any atom is -0.496 e. The number of methoxy groups -OCH3 is 2. The molecule has 228 valence electrons. The molecule has 2 amide bonds. The molecule has 11 nitrogen and oxygen atoms in total. The lowest BCUT2D eigenvalue weighted by atomic mass is 10.1. The molecule has 0 saturated carbocycles. The van der Waals surface area contributed by atoms with Gasteiger partial charge in [-0.25, -0.2) is 9.78 Å². The van der Waals surface area contributed by atoms with Gasteiger partial charge in [0.15, 0.2) is 0 Å². The normalized spacial score (nSPS) is 14.0. The molecular weight excluding hydrogens is 569 g/mol. The van der Waals surface area contributed by atoms with Crippen LogP contribution in [-0.4, -0.2) is 81.9 Å². The number of halogens is 3. The molecule has 14 heteroatoms. The zero-order valence-corrected chi connectivity index (χ0v) is 24.2. The SMILES string of the molecule is COc1cc(-n2cnc3cc(-c4cnn(C5CN(C(=O)OC(C)(C)C)C5)c4)ccc32)cc(OC)c1C(=O)NCC(F)(F)F. The minimum absolute atomic E-state index is 0.0427. The summed E-state index contributed by atoms with van der Waals surface area (Å²) in [5.41, 5.74) is 3.01. The maximum Gasteiger partial charge on any atom is 0.410 e. The van der Waals surface area contributed by atoms with Crippen molar-refractivity contribution in [2.75, 3.05) is 33.9 Å². The number of carbonyl (C=O) groups excluding carboxylic acids is 2. The van der Waals surface area contributed by atoms with Gasteiger partial charge in [-0.2, -0.15) is 18.3 Å². The highest BCUT2D eigenvalue weighted by atomic mass is 19.4. The maximum absolute atomic E-state index is 12.7. The Morgan fingerprint density at radius 2 is 1.70 bits per heavy atom. The first kappa shape index (κ1) is 29.7. The Hall–Kier alpha value is -4.75. The van der Waals surface area contributed by atoms with E-state index in [2.05, 4.69) is 10.1 Å². The van der Waals surface area contributed by atoms with E-state index in [4.69, 9.17) is 14.2 Å². The van der Waals surface area contributed by atoms with Gasteiger partial charge in [-0.1, -0.05) is 6.07 Å². The van der Waals surface area contributed by atoms with Gasteiger partial charge < -0.3 is 24.4 Å². The number of imidazole rings is 1. The second-order valence-corrected chi connectivity index (χ2v) is 11.1. The van der Waals surface area contributed by atoms with Crippen LogP contribution in [0.4, 0.5) is 18.0 Å². The number of likely N-dealkylation sites (tertiary alicyclic amines) is 1. The number of hydrogen-bond donors (Lipinski definition) is 1. The summed E-state index contributed by atoms with van der Waals surface area (Å²) in [7, 11) is 2.63. The highest BCUT2D eigenvalue weighted by Gasteiger charge is 2.35. The maximum atomic E-state index is 12.7. The molecule has 0 bridgehead atoms. The molecule has 0 aliphatic carbocycles. The van der Waals surface area contributed by atoms with Crippen LogP contribution in [0, 0.1) is 0 Å². The van der Waals surface area contributed by atoms with Gasteiger partial charge in [0.05, 0.1) is 43.2 Å². The quantitative estimate of drug-likeness (QED) is 0.318. The fourth-order valence-corrected chi connectivity index (χ4v) is 4.71. The number of fused-ring (bicyclic) bond motifs is 1. The van der Waals surface area contributed by atoms with E-state index in [1.54, 1.807) is 22.0 Å². The topological polar surface area (TPSA) is 113 Å². The average molecular weight is 601 g/mol. The Labute approximate surface area is 245 Å². The summed E-state index contributed by atoms with van der Waals surface area (Å²) in [4.78, 5) is 31.0. The van der Waals surface area contributed by atoms with E-state index in [0.717, 1.165) is 16.6 Å². The molecule has 4 aromatic rings. The molecule has 1 saturated heterocycles. The van der Waals surface area contributed by atoms with Crippen molar-refractivity contribution in [3.05, 3.63) is 54.6 Å². The fraction of sp³-hybridized carbons (Fsp3) is 0.379. The molecule has 2 aromatic heterocycles. The van der Waals surface area contributed by atoms with Crippen molar-refractivity contribution in [1.82, 2.24) is 29.5 Å². The van der Waals surface area contributed by atoms with Gasteiger partial charge in [0.25, 0.3) is 5.91 Å². The number of nitrogens with zero attached hydrogens (tertiary/aromatic N) is 5. The molecule has 1 fully saturated rings. The van der Waals surface area contributed by atoms with Crippen LogP contribution in [0.2, 0.25) is 0 Å². The van der Waals surface area contributed by atoms with Gasteiger partial charge in [-0.15, -0.1) is 0 Å². The average Bonchev–Trinajstić information content (AvgIpc) is 3.56. The summed E-state index contributed by atoms with van der Waals surface area (Å²) in [6.07, 6.45) is 0.366. The van der Waals surface area contributed by atoms with Crippen molar-refractivity contribution in [3.63, 3.8) is 0 Å². The van der Waals surface area contributed by atoms with Gasteiger partial charge in [-0.05, 0) is 38.5 Å². The summed E-state index contributed by atoms with van der Waals surface area (Å²) >= 11 is 0. The molecule has 0 unspecified atom stereocenters. The number of alkyl halides is 3. The van der Waals surface area contributed by atoms with Crippen LogP contribution in [0.5, 0.6) is 11.5 Å². The molecule has 0 radical (unpaired) electrons. The number of aromatic nitrogens is 4. The highest BCUT2D eigenvalue weighted by Crippen LogP contribution is 2.34. The van der Waals surface area contributed by atoms with Gasteiger partial charge in [0.2, 0.25) is 0 Å². The first-order valence-corrected chi connectivity index (χ1v) is 13.4. The van der Waals surface area contributed by atoms with Crippen LogP contribution in [-0.2, 0) is 4.74 Å². The Kier molecular flexibility index (Phi) is 7.71. The van der Waals surface area contributed by atoms with Crippen molar-refractivity contribution in [2.45, 2.75) is 38.6 Å². The summed E-state index contributed by atoms with van der Waals surface area (Å²) in [6, 6.07) is 8.82. The number of benzene rings is 2. The predicted molar refractivity (Wildman–Crippen MR) is 151 cm³/mol. The first-order chi connectivity index (χ1) is 20.3. The van der Waals surface area contributed by atoms with Crippen LogP contribution in [0.1, 0.15) is 37.2 Å². The number of amides is 2. The monoisotopic (exact) mass is 600 g/mol. The molecule has 5 rings (SSSR count). The van der Waals surface area contributed by atoms with Gasteiger partial charge in [-0.3, -0.25) is 14.0 Å². The lowest BCUT2D eigenvalue weighted by Gasteiger charge is -2.39. The zero-order chi connectivity index (χ0) is 31.1. The Balaban J connectivity index is 1.35. The molecule has 1 N–H and O–H groups in total. The number of hydrogen-bond acceptors (Lipinski definition) is 7. The van der Waals surface area contributed by atoms with Gasteiger partial charge in [0.1, 0.15) is 35.5 Å². The largest absolute Gasteiger partial charge is 0.496 e. The van der Waals surface area contributed by atoms with E-state index in [-0.39, 0.29) is 29.2 Å². The van der Waals surface area contributed by atoms with Crippen molar-refractivity contribution in [1.29, 1.82) is 0 Å². The predicted octanol–water partition coefficient (Wildman–Crippen LogP) is 4.99. The first-order valence-electron chi connectivity index (χ1n) is 13.4. The second kappa shape index (κ2) is 11.2. The van der Waals surface area contributed by atoms with Crippen molar-refractivity contribution in [2.24, 2.45) is 0 Å². The Morgan fingerprint density at radius 1 is 1.02 bits per heavy atom. The molecule has 0 spiro atoms.